The molecule has 7 heteroatoms. The first-order chi connectivity index (χ1) is 15.9. The Morgan fingerprint density at radius 3 is 2.55 bits per heavy atom. The van der Waals surface area contributed by atoms with Crippen LogP contribution in [0.1, 0.15) is 39.0 Å². The molecule has 1 aromatic heterocycles. The summed E-state index contributed by atoms with van der Waals surface area (Å²) in [4.78, 5) is 24.5. The molecular formula is C26H27NO6. The number of ether oxygens (including phenoxy) is 4. The molecule has 3 aromatic rings. The van der Waals surface area contributed by atoms with Crippen molar-refractivity contribution in [3.63, 3.8) is 0 Å². The Kier molecular flexibility index (Phi) is 6.40. The van der Waals surface area contributed by atoms with Crippen molar-refractivity contribution in [3.05, 3.63) is 71.0 Å². The lowest BCUT2D eigenvalue weighted by molar-refractivity contribution is 0.0777. The monoisotopic (exact) mass is 449 g/mol. The first-order valence-corrected chi connectivity index (χ1v) is 10.8. The van der Waals surface area contributed by atoms with Gasteiger partial charge in [-0.3, -0.25) is 9.59 Å². The van der Waals surface area contributed by atoms with Crippen LogP contribution < -0.4 is 18.9 Å². The number of carbonyl (C=O) groups excluding carboxylic acids is 2. The van der Waals surface area contributed by atoms with E-state index in [1.807, 2.05) is 44.2 Å². The van der Waals surface area contributed by atoms with Gasteiger partial charge in [0.1, 0.15) is 6.61 Å². The highest BCUT2D eigenvalue weighted by Crippen LogP contribution is 2.32. The molecule has 0 N–H and O–H groups in total. The third-order valence-electron chi connectivity index (χ3n) is 5.76. The van der Waals surface area contributed by atoms with Gasteiger partial charge in [0.2, 0.25) is 5.78 Å². The summed E-state index contributed by atoms with van der Waals surface area (Å²) < 4.78 is 25.0. The predicted molar refractivity (Wildman–Crippen MR) is 123 cm³/mol. The van der Waals surface area contributed by atoms with E-state index in [2.05, 4.69) is 4.57 Å². The molecule has 0 spiro atoms. The van der Waals surface area contributed by atoms with Crippen LogP contribution >= 0.6 is 0 Å². The predicted octanol–water partition coefficient (Wildman–Crippen LogP) is 4.42. The Morgan fingerprint density at radius 1 is 1.06 bits per heavy atom. The fraction of sp³-hybridized carbons (Fsp3) is 0.308. The molecule has 2 heterocycles. The summed E-state index contributed by atoms with van der Waals surface area (Å²) in [5.74, 6) is 2.09. The van der Waals surface area contributed by atoms with E-state index in [9.17, 15) is 9.59 Å². The highest BCUT2D eigenvalue weighted by atomic mass is 16.6. The van der Waals surface area contributed by atoms with Crippen LogP contribution in [0.2, 0.25) is 0 Å². The maximum Gasteiger partial charge on any atom is 0.202 e. The summed E-state index contributed by atoms with van der Waals surface area (Å²) in [5.41, 5.74) is 2.93. The Labute approximate surface area is 192 Å². The number of ketones is 2. The van der Waals surface area contributed by atoms with Crippen molar-refractivity contribution in [2.75, 3.05) is 20.3 Å². The van der Waals surface area contributed by atoms with Crippen molar-refractivity contribution in [2.45, 2.75) is 33.4 Å². The zero-order valence-electron chi connectivity index (χ0n) is 19.2. The summed E-state index contributed by atoms with van der Waals surface area (Å²) in [6, 6.07) is 14.4. The molecule has 0 fully saturated rings. The van der Waals surface area contributed by atoms with Crippen LogP contribution in [0.4, 0.5) is 0 Å². The Balaban J connectivity index is 1.45. The molecule has 172 valence electrons. The van der Waals surface area contributed by atoms with E-state index in [-0.39, 0.29) is 24.3 Å². The average Bonchev–Trinajstić information content (AvgIpc) is 3.10. The standard InChI is InChI=1S/C26H27NO6/c1-16-11-21(22(29)15-32-24-10-9-19(18(3)28)12-26(24)30-4)17(2)27(16)13-20-14-31-23-7-5-6-8-25(23)33-20/h5-12,20H,13-15H2,1-4H3. The van der Waals surface area contributed by atoms with Crippen molar-refractivity contribution in [1.29, 1.82) is 0 Å². The van der Waals surface area contributed by atoms with E-state index in [0.29, 0.717) is 35.8 Å². The van der Waals surface area contributed by atoms with Crippen molar-refractivity contribution < 1.29 is 28.5 Å². The number of nitrogens with zero attached hydrogens (tertiary/aromatic N) is 1. The SMILES string of the molecule is COc1cc(C(C)=O)ccc1OCC(=O)c1cc(C)n(CC2COc3ccccc3O2)c1C. The number of rotatable bonds is 8. The van der Waals surface area contributed by atoms with E-state index in [1.165, 1.54) is 14.0 Å². The van der Waals surface area contributed by atoms with Gasteiger partial charge in [0.05, 0.1) is 13.7 Å². The van der Waals surface area contributed by atoms with Gasteiger partial charge in [0, 0.05) is 22.5 Å². The highest BCUT2D eigenvalue weighted by molar-refractivity contribution is 5.98. The van der Waals surface area contributed by atoms with E-state index in [1.54, 1.807) is 18.2 Å². The van der Waals surface area contributed by atoms with Crippen molar-refractivity contribution in [2.24, 2.45) is 0 Å². The molecule has 0 saturated heterocycles. The number of fused-ring (bicyclic) bond motifs is 1. The smallest absolute Gasteiger partial charge is 0.202 e. The Morgan fingerprint density at radius 2 is 1.82 bits per heavy atom. The largest absolute Gasteiger partial charge is 0.493 e. The minimum absolute atomic E-state index is 0.0702. The maximum atomic E-state index is 12.9. The maximum absolute atomic E-state index is 12.9. The van der Waals surface area contributed by atoms with Gasteiger partial charge in [-0.05, 0) is 57.2 Å². The van der Waals surface area contributed by atoms with E-state index in [4.69, 9.17) is 18.9 Å². The molecule has 0 saturated carbocycles. The van der Waals surface area contributed by atoms with Gasteiger partial charge in [-0.25, -0.2) is 0 Å². The minimum atomic E-state index is -0.159. The molecule has 1 atom stereocenters. The first kappa shape index (κ1) is 22.5. The summed E-state index contributed by atoms with van der Waals surface area (Å²) in [5, 5.41) is 0. The van der Waals surface area contributed by atoms with Crippen LogP contribution in [0.3, 0.4) is 0 Å². The van der Waals surface area contributed by atoms with Gasteiger partial charge in [0.25, 0.3) is 0 Å². The molecular weight excluding hydrogens is 422 g/mol. The lowest BCUT2D eigenvalue weighted by Gasteiger charge is -2.27. The molecule has 1 aliphatic rings. The van der Waals surface area contributed by atoms with Gasteiger partial charge in [-0.2, -0.15) is 0 Å². The summed E-state index contributed by atoms with van der Waals surface area (Å²) >= 11 is 0. The van der Waals surface area contributed by atoms with Crippen LogP contribution in [-0.4, -0.2) is 42.6 Å². The first-order valence-electron chi connectivity index (χ1n) is 10.8. The third-order valence-corrected chi connectivity index (χ3v) is 5.76. The number of carbonyl (C=O) groups is 2. The molecule has 2 aromatic carbocycles. The van der Waals surface area contributed by atoms with Crippen LogP contribution in [-0.2, 0) is 6.54 Å². The topological polar surface area (TPSA) is 76.0 Å². The number of aromatic nitrogens is 1. The normalized spacial score (nSPS) is 14.6. The van der Waals surface area contributed by atoms with Gasteiger partial charge in [-0.15, -0.1) is 0 Å². The third kappa shape index (κ3) is 4.72. The number of Topliss-reactive ketones (excluding diaryl/α,β-unsaturated/α-hetero) is 2. The van der Waals surface area contributed by atoms with Crippen molar-refractivity contribution in [1.82, 2.24) is 4.57 Å². The van der Waals surface area contributed by atoms with Gasteiger partial charge < -0.3 is 23.5 Å². The molecule has 33 heavy (non-hydrogen) atoms. The number of hydrogen-bond donors (Lipinski definition) is 0. The number of methoxy groups -OCH3 is 1. The van der Waals surface area contributed by atoms with Gasteiger partial charge >= 0.3 is 0 Å². The number of benzene rings is 2. The Bertz CT molecular complexity index is 1200. The minimum Gasteiger partial charge on any atom is -0.493 e. The molecule has 7 nitrogen and oxygen atoms in total. The molecule has 0 radical (unpaired) electrons. The number of aryl methyl sites for hydroxylation is 1. The Hall–Kier alpha value is -3.74. The van der Waals surface area contributed by atoms with Gasteiger partial charge in [0.15, 0.2) is 41.5 Å². The van der Waals surface area contributed by atoms with Crippen molar-refractivity contribution >= 4 is 11.6 Å². The van der Waals surface area contributed by atoms with Gasteiger partial charge in [-0.1, -0.05) is 12.1 Å². The van der Waals surface area contributed by atoms with Crippen molar-refractivity contribution in [3.8, 4) is 23.0 Å². The van der Waals surface area contributed by atoms with E-state index >= 15 is 0 Å². The lowest BCUT2D eigenvalue weighted by Crippen LogP contribution is -2.33. The molecule has 0 aliphatic carbocycles. The fourth-order valence-electron chi connectivity index (χ4n) is 3.95. The molecule has 1 unspecified atom stereocenters. The second kappa shape index (κ2) is 9.40. The van der Waals surface area contributed by atoms with E-state index < -0.39 is 0 Å². The summed E-state index contributed by atoms with van der Waals surface area (Å²) in [7, 11) is 1.50. The van der Waals surface area contributed by atoms with E-state index in [0.717, 1.165) is 22.9 Å². The summed E-state index contributed by atoms with van der Waals surface area (Å²) in [6.45, 7) is 6.23. The molecule has 4 rings (SSSR count). The molecule has 0 amide bonds. The second-order valence-electron chi connectivity index (χ2n) is 8.03. The van der Waals surface area contributed by atoms with Crippen LogP contribution in [0.5, 0.6) is 23.0 Å². The second-order valence-corrected chi connectivity index (χ2v) is 8.03. The quantitative estimate of drug-likeness (QED) is 0.474. The lowest BCUT2D eigenvalue weighted by atomic mass is 10.1. The number of para-hydroxylation sites is 2. The zero-order valence-corrected chi connectivity index (χ0v) is 19.2. The average molecular weight is 450 g/mol. The number of hydrogen-bond acceptors (Lipinski definition) is 6. The van der Waals surface area contributed by atoms with Crippen LogP contribution in [0.15, 0.2) is 48.5 Å². The molecule has 1 aliphatic heterocycles. The van der Waals surface area contributed by atoms with Crippen LogP contribution in [0.25, 0.3) is 0 Å². The van der Waals surface area contributed by atoms with Crippen LogP contribution in [0, 0.1) is 13.8 Å². The highest BCUT2D eigenvalue weighted by Gasteiger charge is 2.24. The fourth-order valence-corrected chi connectivity index (χ4v) is 3.95. The summed E-state index contributed by atoms with van der Waals surface area (Å²) in [6.07, 6.45) is -0.159. The zero-order chi connectivity index (χ0) is 23.5. The molecule has 0 bridgehead atoms.